The molecule has 1 heterocycles. The monoisotopic (exact) mass is 350 g/mol. The Morgan fingerprint density at radius 2 is 2.10 bits per heavy atom. The lowest BCUT2D eigenvalue weighted by molar-refractivity contribution is -0.121. The van der Waals surface area contributed by atoms with E-state index >= 15 is 0 Å². The van der Waals surface area contributed by atoms with Crippen LogP contribution in [-0.2, 0) is 11.3 Å². The largest absolute Gasteiger partial charge is 0.482 e. The number of benzene rings is 2. The van der Waals surface area contributed by atoms with E-state index in [1.165, 1.54) is 12.1 Å². The summed E-state index contributed by atoms with van der Waals surface area (Å²) in [4.78, 5) is 13.7. The van der Waals surface area contributed by atoms with Crippen molar-refractivity contribution in [2.75, 3.05) is 17.2 Å². The zero-order valence-electron chi connectivity index (χ0n) is 11.0. The molecule has 0 saturated carbocycles. The van der Waals surface area contributed by atoms with Crippen molar-refractivity contribution in [3.8, 4) is 5.75 Å². The number of fused-ring (bicyclic) bond motifs is 1. The number of halogens is 2. The molecule has 2 aromatic rings. The Labute approximate surface area is 129 Å². The van der Waals surface area contributed by atoms with Crippen LogP contribution in [0.2, 0.25) is 0 Å². The second-order valence-electron chi connectivity index (χ2n) is 4.73. The molecule has 0 aliphatic carbocycles. The molecule has 1 aliphatic heterocycles. The highest BCUT2D eigenvalue weighted by Crippen LogP contribution is 2.35. The fraction of sp³-hybridized carbons (Fsp3) is 0.133. The minimum Gasteiger partial charge on any atom is -0.482 e. The number of amides is 1. The predicted octanol–water partition coefficient (Wildman–Crippen LogP) is 3.10. The number of ether oxygens (including phenoxy) is 1. The Morgan fingerprint density at radius 1 is 1.29 bits per heavy atom. The SMILES string of the molecule is Nc1ccc2c(c1)N(Cc1cc(F)ccc1Br)C(=O)CO2. The van der Waals surface area contributed by atoms with Crippen LogP contribution in [0.25, 0.3) is 0 Å². The summed E-state index contributed by atoms with van der Waals surface area (Å²) < 4.78 is 19.5. The number of nitrogens with zero attached hydrogens (tertiary/aromatic N) is 1. The average molecular weight is 351 g/mol. The molecule has 3 rings (SSSR count). The molecule has 2 aromatic carbocycles. The Kier molecular flexibility index (Phi) is 3.55. The van der Waals surface area contributed by atoms with Gasteiger partial charge in [0.1, 0.15) is 11.6 Å². The van der Waals surface area contributed by atoms with Gasteiger partial charge in [0.05, 0.1) is 12.2 Å². The quantitative estimate of drug-likeness (QED) is 0.846. The average Bonchev–Trinajstić information content (AvgIpc) is 2.46. The number of hydrogen-bond donors (Lipinski definition) is 1. The van der Waals surface area contributed by atoms with Crippen molar-refractivity contribution in [2.24, 2.45) is 0 Å². The summed E-state index contributed by atoms with van der Waals surface area (Å²) in [5, 5.41) is 0. The highest BCUT2D eigenvalue weighted by atomic mass is 79.9. The predicted molar refractivity (Wildman–Crippen MR) is 81.6 cm³/mol. The van der Waals surface area contributed by atoms with E-state index in [2.05, 4.69) is 15.9 Å². The van der Waals surface area contributed by atoms with Crippen molar-refractivity contribution in [3.63, 3.8) is 0 Å². The van der Waals surface area contributed by atoms with Crippen LogP contribution in [0.3, 0.4) is 0 Å². The number of rotatable bonds is 2. The summed E-state index contributed by atoms with van der Waals surface area (Å²) >= 11 is 3.37. The van der Waals surface area contributed by atoms with Gasteiger partial charge in [0.15, 0.2) is 6.61 Å². The molecule has 0 saturated heterocycles. The third-order valence-electron chi connectivity index (χ3n) is 3.26. The van der Waals surface area contributed by atoms with Crippen LogP contribution in [0.5, 0.6) is 5.75 Å². The van der Waals surface area contributed by atoms with Crippen LogP contribution in [0.15, 0.2) is 40.9 Å². The molecule has 0 atom stereocenters. The van der Waals surface area contributed by atoms with Crippen molar-refractivity contribution < 1.29 is 13.9 Å². The van der Waals surface area contributed by atoms with E-state index in [4.69, 9.17) is 10.5 Å². The van der Waals surface area contributed by atoms with Crippen LogP contribution in [0.1, 0.15) is 5.56 Å². The van der Waals surface area contributed by atoms with Gasteiger partial charge in [0.25, 0.3) is 5.91 Å². The Hall–Kier alpha value is -2.08. The van der Waals surface area contributed by atoms with Gasteiger partial charge in [-0.3, -0.25) is 4.79 Å². The maximum atomic E-state index is 13.4. The Bertz CT molecular complexity index is 721. The first-order chi connectivity index (χ1) is 10.0. The normalized spacial score (nSPS) is 13.8. The van der Waals surface area contributed by atoms with E-state index in [1.807, 2.05) is 0 Å². The first kappa shape index (κ1) is 13.9. The van der Waals surface area contributed by atoms with Gasteiger partial charge in [-0.05, 0) is 42.0 Å². The van der Waals surface area contributed by atoms with Crippen LogP contribution in [-0.4, -0.2) is 12.5 Å². The van der Waals surface area contributed by atoms with Gasteiger partial charge in [0, 0.05) is 10.2 Å². The van der Waals surface area contributed by atoms with Gasteiger partial charge in [0.2, 0.25) is 0 Å². The Morgan fingerprint density at radius 3 is 2.90 bits per heavy atom. The molecule has 0 fully saturated rings. The fourth-order valence-electron chi connectivity index (χ4n) is 2.23. The summed E-state index contributed by atoms with van der Waals surface area (Å²) in [5.74, 6) is 0.0577. The summed E-state index contributed by atoms with van der Waals surface area (Å²) in [5.41, 5.74) is 7.59. The first-order valence-electron chi connectivity index (χ1n) is 6.31. The molecular weight excluding hydrogens is 339 g/mol. The highest BCUT2D eigenvalue weighted by molar-refractivity contribution is 9.10. The standard InChI is InChI=1S/C15H12BrFN2O2/c16-12-3-1-10(17)5-9(12)7-19-13-6-11(18)2-4-14(13)21-8-15(19)20/h1-6H,7-8,18H2. The van der Waals surface area contributed by atoms with Gasteiger partial charge in [-0.25, -0.2) is 4.39 Å². The minimum atomic E-state index is -0.346. The second-order valence-corrected chi connectivity index (χ2v) is 5.59. The fourth-order valence-corrected chi connectivity index (χ4v) is 2.60. The maximum Gasteiger partial charge on any atom is 0.265 e. The van der Waals surface area contributed by atoms with E-state index in [1.54, 1.807) is 29.2 Å². The number of carbonyl (C=O) groups is 1. The Balaban J connectivity index is 2.00. The van der Waals surface area contributed by atoms with Gasteiger partial charge in [-0.15, -0.1) is 0 Å². The van der Waals surface area contributed by atoms with E-state index in [0.29, 0.717) is 22.7 Å². The number of carbonyl (C=O) groups excluding carboxylic acids is 1. The molecule has 6 heteroatoms. The third-order valence-corrected chi connectivity index (χ3v) is 4.04. The van der Waals surface area contributed by atoms with Gasteiger partial charge in [-0.1, -0.05) is 15.9 Å². The van der Waals surface area contributed by atoms with Crippen LogP contribution < -0.4 is 15.4 Å². The number of nitrogens with two attached hydrogens (primary N) is 1. The molecule has 1 aliphatic rings. The molecule has 1 amide bonds. The lowest BCUT2D eigenvalue weighted by Gasteiger charge is -2.30. The molecule has 21 heavy (non-hydrogen) atoms. The van der Waals surface area contributed by atoms with Gasteiger partial charge in [-0.2, -0.15) is 0 Å². The van der Waals surface area contributed by atoms with E-state index in [0.717, 1.165) is 4.47 Å². The van der Waals surface area contributed by atoms with Gasteiger partial charge >= 0.3 is 0 Å². The molecule has 0 spiro atoms. The summed E-state index contributed by atoms with van der Waals surface area (Å²) in [7, 11) is 0. The summed E-state index contributed by atoms with van der Waals surface area (Å²) in [6.07, 6.45) is 0. The van der Waals surface area contributed by atoms with Crippen LogP contribution in [0.4, 0.5) is 15.8 Å². The molecule has 0 aromatic heterocycles. The van der Waals surface area contributed by atoms with Crippen molar-refractivity contribution in [1.82, 2.24) is 0 Å². The summed E-state index contributed by atoms with van der Waals surface area (Å²) in [6, 6.07) is 9.50. The first-order valence-corrected chi connectivity index (χ1v) is 7.10. The molecule has 0 bridgehead atoms. The molecule has 4 nitrogen and oxygen atoms in total. The van der Waals surface area contributed by atoms with Crippen LogP contribution >= 0.6 is 15.9 Å². The number of anilines is 2. The molecule has 108 valence electrons. The molecule has 0 radical (unpaired) electrons. The second kappa shape index (κ2) is 5.37. The van der Waals surface area contributed by atoms with Crippen molar-refractivity contribution in [2.45, 2.75) is 6.54 Å². The number of nitrogen functional groups attached to an aromatic ring is 1. The van der Waals surface area contributed by atoms with Crippen molar-refractivity contribution >= 4 is 33.2 Å². The smallest absolute Gasteiger partial charge is 0.265 e. The van der Waals surface area contributed by atoms with Crippen molar-refractivity contribution in [1.29, 1.82) is 0 Å². The topological polar surface area (TPSA) is 55.6 Å². The zero-order valence-corrected chi connectivity index (χ0v) is 12.6. The van der Waals surface area contributed by atoms with Gasteiger partial charge < -0.3 is 15.4 Å². The molecule has 2 N–H and O–H groups in total. The highest BCUT2D eigenvalue weighted by Gasteiger charge is 2.26. The lowest BCUT2D eigenvalue weighted by Crippen LogP contribution is -2.38. The van der Waals surface area contributed by atoms with Crippen molar-refractivity contribution in [3.05, 3.63) is 52.3 Å². The minimum absolute atomic E-state index is 0.0378. The third kappa shape index (κ3) is 2.71. The maximum absolute atomic E-state index is 13.4. The van der Waals surface area contributed by atoms with E-state index in [-0.39, 0.29) is 24.9 Å². The molecule has 0 unspecified atom stereocenters. The summed E-state index contributed by atoms with van der Waals surface area (Å²) in [6.45, 7) is 0.209. The number of hydrogen-bond acceptors (Lipinski definition) is 3. The molecular formula is C15H12BrFN2O2. The van der Waals surface area contributed by atoms with Crippen LogP contribution in [0, 0.1) is 5.82 Å². The lowest BCUT2D eigenvalue weighted by atomic mass is 10.1. The van der Waals surface area contributed by atoms with E-state index < -0.39 is 0 Å². The zero-order chi connectivity index (χ0) is 15.0. The van der Waals surface area contributed by atoms with E-state index in [9.17, 15) is 9.18 Å².